The molecule has 0 saturated carbocycles. The van der Waals surface area contributed by atoms with Crippen molar-refractivity contribution in [3.63, 3.8) is 0 Å². The van der Waals surface area contributed by atoms with Gasteiger partial charge in [-0.05, 0) is 45.0 Å². The van der Waals surface area contributed by atoms with E-state index < -0.39 is 60.0 Å². The largest absolute Gasteiger partial charge is 0.744 e. The Balaban J connectivity index is 0.000000587. The first-order valence-corrected chi connectivity index (χ1v) is 15.5. The van der Waals surface area contributed by atoms with Gasteiger partial charge < -0.3 is 4.55 Å². The maximum atomic E-state index is 14.4. The summed E-state index contributed by atoms with van der Waals surface area (Å²) in [5.41, 5.74) is 0.891. The summed E-state index contributed by atoms with van der Waals surface area (Å²) >= 11 is 0. The SMILES string of the molecule is CCn1c(C)[n+](CC)c2ccc(S(=O)(=O)C(F)(F)C(F)(F)C(F)(F)C(F)(F)C(F)(F)C(F)(F)F)cc21.Cc1ccc(S(=O)(=O)[O-])cc1. The highest BCUT2D eigenvalue weighted by atomic mass is 32.2. The van der Waals surface area contributed by atoms with Crippen molar-refractivity contribution < 1.29 is 83.0 Å². The Morgan fingerprint density at radius 1 is 0.681 bits per heavy atom. The lowest BCUT2D eigenvalue weighted by Crippen LogP contribution is -2.71. The number of alkyl halides is 13. The van der Waals surface area contributed by atoms with E-state index in [4.69, 9.17) is 0 Å². The molecule has 0 fully saturated rings. The van der Waals surface area contributed by atoms with Crippen LogP contribution in [0, 0.1) is 13.8 Å². The summed E-state index contributed by atoms with van der Waals surface area (Å²) in [5, 5.41) is -7.28. The molecule has 0 saturated heterocycles. The molecule has 0 spiro atoms. The van der Waals surface area contributed by atoms with Crippen LogP contribution in [0.25, 0.3) is 11.0 Å². The summed E-state index contributed by atoms with van der Waals surface area (Å²) in [6.07, 6.45) is -7.59. The highest BCUT2D eigenvalue weighted by molar-refractivity contribution is 7.92. The van der Waals surface area contributed by atoms with Crippen molar-refractivity contribution in [2.24, 2.45) is 0 Å². The van der Waals surface area contributed by atoms with Gasteiger partial charge >= 0.3 is 35.1 Å². The van der Waals surface area contributed by atoms with Crippen LogP contribution < -0.4 is 4.57 Å². The molecule has 3 aromatic rings. The van der Waals surface area contributed by atoms with Crippen LogP contribution in [0.3, 0.4) is 0 Å². The third kappa shape index (κ3) is 6.39. The second kappa shape index (κ2) is 12.4. The molecule has 1 heterocycles. The zero-order valence-electron chi connectivity index (χ0n) is 24.1. The van der Waals surface area contributed by atoms with Gasteiger partial charge in [-0.15, -0.1) is 0 Å². The predicted molar refractivity (Wildman–Crippen MR) is 135 cm³/mol. The maximum Gasteiger partial charge on any atom is 0.460 e. The minimum absolute atomic E-state index is 0.0577. The van der Waals surface area contributed by atoms with Crippen molar-refractivity contribution in [3.8, 4) is 0 Å². The topological polar surface area (TPSA) is 100 Å². The van der Waals surface area contributed by atoms with E-state index in [-0.39, 0.29) is 35.1 Å². The van der Waals surface area contributed by atoms with Crippen LogP contribution in [0.4, 0.5) is 57.1 Å². The van der Waals surface area contributed by atoms with E-state index in [0.29, 0.717) is 11.9 Å². The molecule has 0 atom stereocenters. The molecule has 22 heteroatoms. The third-order valence-corrected chi connectivity index (χ3v) is 9.46. The molecule has 2 aromatic carbocycles. The molecular weight excluding hydrogens is 719 g/mol. The molecule has 7 nitrogen and oxygen atoms in total. The van der Waals surface area contributed by atoms with Gasteiger partial charge in [0.15, 0.2) is 11.0 Å². The minimum Gasteiger partial charge on any atom is -0.744 e. The van der Waals surface area contributed by atoms with Crippen LogP contribution >= 0.6 is 0 Å². The highest BCUT2D eigenvalue weighted by Crippen LogP contribution is 2.61. The molecule has 266 valence electrons. The number of sulfone groups is 1. The van der Waals surface area contributed by atoms with Crippen molar-refractivity contribution in [1.82, 2.24) is 4.57 Å². The van der Waals surface area contributed by atoms with E-state index in [0.717, 1.165) is 11.6 Å². The number of imidazole rings is 1. The number of fused-ring (bicyclic) bond motifs is 1. The molecule has 0 N–H and O–H groups in total. The number of nitrogens with zero attached hydrogens (tertiary/aromatic N) is 2. The van der Waals surface area contributed by atoms with Gasteiger partial charge in [0.2, 0.25) is 9.84 Å². The number of hydrogen-bond donors (Lipinski definition) is 0. The molecular formula is C25H23F13N2O5S2. The van der Waals surface area contributed by atoms with Gasteiger partial charge in [0.05, 0.1) is 22.9 Å². The van der Waals surface area contributed by atoms with Gasteiger partial charge in [0.1, 0.15) is 10.1 Å². The van der Waals surface area contributed by atoms with Crippen molar-refractivity contribution in [3.05, 3.63) is 53.9 Å². The standard InChI is InChI=1S/C18H16F13N2O2S.C7H8O3S/c1-4-32-9(3)33(5-2)12-8-10(6-7-11(12)32)36(34,35)18(30,31)16(25,26)14(21,22)13(19,20)15(23,24)17(27,28)29;1-6-2-4-7(5-3-6)11(8,9)10/h6-8H,4-5H2,1-3H3;2-5H,1H3,(H,8,9,10)/q+1;/p-1. The molecule has 47 heavy (non-hydrogen) atoms. The van der Waals surface area contributed by atoms with Crippen LogP contribution in [0.1, 0.15) is 25.2 Å². The fourth-order valence-corrected chi connectivity index (χ4v) is 5.93. The van der Waals surface area contributed by atoms with Crippen molar-refractivity contribution in [2.45, 2.75) is 85.7 Å². The fraction of sp³-hybridized carbons (Fsp3) is 0.480. The Morgan fingerprint density at radius 3 is 1.53 bits per heavy atom. The molecule has 0 radical (unpaired) electrons. The van der Waals surface area contributed by atoms with E-state index in [1.807, 2.05) is 6.92 Å². The Labute approximate surface area is 258 Å². The number of halogens is 13. The first kappa shape index (κ1) is 40.0. The number of aromatic nitrogens is 2. The summed E-state index contributed by atoms with van der Waals surface area (Å²) in [6.45, 7) is 6.73. The lowest BCUT2D eigenvalue weighted by atomic mass is 9.98. The molecule has 0 unspecified atom stereocenters. The maximum absolute atomic E-state index is 14.4. The van der Waals surface area contributed by atoms with Gasteiger partial charge in [-0.2, -0.15) is 57.1 Å². The molecule has 3 rings (SSSR count). The number of hydrogen-bond acceptors (Lipinski definition) is 5. The van der Waals surface area contributed by atoms with Gasteiger partial charge in [-0.3, -0.25) is 0 Å². The van der Waals surface area contributed by atoms with Crippen molar-refractivity contribution in [1.29, 1.82) is 0 Å². The first-order valence-electron chi connectivity index (χ1n) is 12.7. The van der Waals surface area contributed by atoms with Gasteiger partial charge in [0.25, 0.3) is 5.82 Å². The molecule has 0 aliphatic carbocycles. The lowest BCUT2D eigenvalue weighted by Gasteiger charge is -2.39. The molecule has 0 aliphatic heterocycles. The Kier molecular flexibility index (Phi) is 10.6. The van der Waals surface area contributed by atoms with Gasteiger partial charge in [-0.25, -0.2) is 26.0 Å². The summed E-state index contributed by atoms with van der Waals surface area (Å²) < 4.78 is 233. The lowest BCUT2D eigenvalue weighted by molar-refractivity contribution is -0.674. The third-order valence-electron chi connectivity index (χ3n) is 6.80. The van der Waals surface area contributed by atoms with Gasteiger partial charge in [-0.1, -0.05) is 17.7 Å². The number of rotatable bonds is 9. The number of benzene rings is 2. The van der Waals surface area contributed by atoms with Crippen molar-refractivity contribution >= 4 is 31.0 Å². The van der Waals surface area contributed by atoms with Crippen LogP contribution in [-0.4, -0.2) is 61.1 Å². The molecule has 0 bridgehead atoms. The zero-order chi connectivity index (χ0) is 37.0. The van der Waals surface area contributed by atoms with Crippen molar-refractivity contribution in [2.75, 3.05) is 0 Å². The summed E-state index contributed by atoms with van der Waals surface area (Å²) in [7, 11) is -11.4. The van der Waals surface area contributed by atoms with Crippen LogP contribution in [-0.2, 0) is 33.0 Å². The Bertz CT molecular complexity index is 1840. The summed E-state index contributed by atoms with van der Waals surface area (Å²) in [6, 6.07) is 7.17. The van der Waals surface area contributed by atoms with Crippen LogP contribution in [0.2, 0.25) is 0 Å². The first-order chi connectivity index (χ1) is 20.9. The van der Waals surface area contributed by atoms with E-state index in [9.17, 15) is 78.5 Å². The van der Waals surface area contributed by atoms with E-state index >= 15 is 0 Å². The Morgan fingerprint density at radius 2 is 1.13 bits per heavy atom. The second-order valence-corrected chi connectivity index (χ2v) is 13.1. The summed E-state index contributed by atoms with van der Waals surface area (Å²) in [4.78, 5) is -1.99. The van der Waals surface area contributed by atoms with Gasteiger partial charge in [0, 0.05) is 13.0 Å². The van der Waals surface area contributed by atoms with E-state index in [1.165, 1.54) is 35.1 Å². The zero-order valence-corrected chi connectivity index (χ0v) is 25.8. The minimum atomic E-state index is -8.20. The average Bonchev–Trinajstić information content (AvgIpc) is 3.21. The second-order valence-electron chi connectivity index (χ2n) is 9.77. The van der Waals surface area contributed by atoms with Crippen LogP contribution in [0.5, 0.6) is 0 Å². The quantitative estimate of drug-likeness (QED) is 0.139. The smallest absolute Gasteiger partial charge is 0.460 e. The predicted octanol–water partition coefficient (Wildman–Crippen LogP) is 6.65. The summed E-state index contributed by atoms with van der Waals surface area (Å²) in [5.74, 6) is -31.9. The normalized spacial score (nSPS) is 14.3. The van der Waals surface area contributed by atoms with Crippen LogP contribution in [0.15, 0.2) is 52.3 Å². The molecule has 1 aromatic heterocycles. The fourth-order valence-electron chi connectivity index (χ4n) is 4.18. The Hall–Kier alpha value is -3.14. The molecule has 0 aliphatic rings. The van der Waals surface area contributed by atoms with E-state index in [2.05, 4.69) is 0 Å². The average molecular weight is 743 g/mol. The van der Waals surface area contributed by atoms with E-state index in [1.54, 1.807) is 19.1 Å². The molecule has 0 amide bonds. The number of aryl methyl sites for hydroxylation is 3. The highest BCUT2D eigenvalue weighted by Gasteiger charge is 2.92. The monoisotopic (exact) mass is 742 g/mol.